The highest BCUT2D eigenvalue weighted by Gasteiger charge is 2.15. The fourth-order valence-electron chi connectivity index (χ4n) is 2.37. The van der Waals surface area contributed by atoms with Crippen LogP contribution in [0.5, 0.6) is 0 Å². The zero-order valence-corrected chi connectivity index (χ0v) is 11.0. The molecule has 1 unspecified atom stereocenters. The summed E-state index contributed by atoms with van der Waals surface area (Å²) in [6.45, 7) is 2.80. The predicted molar refractivity (Wildman–Crippen MR) is 74.7 cm³/mol. The van der Waals surface area contributed by atoms with E-state index in [0.717, 1.165) is 18.1 Å². The standard InChI is InChI=1S/C13H23N5/c1-10(6-7-14)17-12-8-13(16-9-15-12)18-11-4-2-3-5-11/h8-11H,2-7,14H2,1H3,(H2,15,16,17,18). The smallest absolute Gasteiger partial charge is 0.131 e. The summed E-state index contributed by atoms with van der Waals surface area (Å²) < 4.78 is 0. The lowest BCUT2D eigenvalue weighted by molar-refractivity contribution is 0.712. The SMILES string of the molecule is CC(CCN)Nc1cc(NC2CCCC2)ncn1. The molecule has 1 aliphatic carbocycles. The normalized spacial score (nSPS) is 17.7. The molecule has 1 heterocycles. The zero-order valence-electron chi connectivity index (χ0n) is 11.0. The number of anilines is 2. The second-order valence-electron chi connectivity index (χ2n) is 5.04. The average molecular weight is 249 g/mol. The van der Waals surface area contributed by atoms with E-state index in [9.17, 15) is 0 Å². The minimum atomic E-state index is 0.337. The summed E-state index contributed by atoms with van der Waals surface area (Å²) in [4.78, 5) is 8.50. The summed E-state index contributed by atoms with van der Waals surface area (Å²) in [5.41, 5.74) is 5.54. The molecule has 5 nitrogen and oxygen atoms in total. The van der Waals surface area contributed by atoms with E-state index >= 15 is 0 Å². The highest BCUT2D eigenvalue weighted by atomic mass is 15.1. The van der Waals surface area contributed by atoms with E-state index in [1.807, 2.05) is 6.07 Å². The van der Waals surface area contributed by atoms with Gasteiger partial charge in [0.2, 0.25) is 0 Å². The molecule has 0 amide bonds. The first-order valence-corrected chi connectivity index (χ1v) is 6.83. The summed E-state index contributed by atoms with van der Waals surface area (Å²) in [6.07, 6.45) is 7.68. The molecule has 1 aromatic heterocycles. The summed E-state index contributed by atoms with van der Waals surface area (Å²) in [7, 11) is 0. The van der Waals surface area contributed by atoms with Crippen LogP contribution >= 0.6 is 0 Å². The molecule has 0 spiro atoms. The first-order valence-electron chi connectivity index (χ1n) is 6.83. The fourth-order valence-corrected chi connectivity index (χ4v) is 2.37. The second kappa shape index (κ2) is 6.54. The van der Waals surface area contributed by atoms with Crippen LogP contribution in [0.25, 0.3) is 0 Å². The summed E-state index contributed by atoms with van der Waals surface area (Å²) >= 11 is 0. The second-order valence-corrected chi connectivity index (χ2v) is 5.04. The fraction of sp³-hybridized carbons (Fsp3) is 0.692. The molecule has 18 heavy (non-hydrogen) atoms. The molecule has 0 aliphatic heterocycles. The Morgan fingerprint density at radius 1 is 1.33 bits per heavy atom. The first kappa shape index (κ1) is 13.1. The number of rotatable bonds is 6. The highest BCUT2D eigenvalue weighted by Crippen LogP contribution is 2.22. The van der Waals surface area contributed by atoms with Gasteiger partial charge in [-0.25, -0.2) is 9.97 Å². The van der Waals surface area contributed by atoms with Gasteiger partial charge in [0.1, 0.15) is 18.0 Å². The van der Waals surface area contributed by atoms with Gasteiger partial charge in [0.15, 0.2) is 0 Å². The van der Waals surface area contributed by atoms with Crippen LogP contribution < -0.4 is 16.4 Å². The largest absolute Gasteiger partial charge is 0.367 e. The molecular weight excluding hydrogens is 226 g/mol. The molecule has 0 aromatic carbocycles. The molecular formula is C13H23N5. The molecule has 2 rings (SSSR count). The Labute approximate surface area is 109 Å². The van der Waals surface area contributed by atoms with Crippen molar-refractivity contribution in [2.24, 2.45) is 5.73 Å². The van der Waals surface area contributed by atoms with Crippen LogP contribution in [0.2, 0.25) is 0 Å². The van der Waals surface area contributed by atoms with Crippen molar-refractivity contribution >= 4 is 11.6 Å². The van der Waals surface area contributed by atoms with Crippen molar-refractivity contribution < 1.29 is 0 Å². The number of hydrogen-bond donors (Lipinski definition) is 3. The van der Waals surface area contributed by atoms with E-state index in [4.69, 9.17) is 5.73 Å². The van der Waals surface area contributed by atoms with Crippen molar-refractivity contribution in [2.45, 2.75) is 51.1 Å². The molecule has 1 aliphatic rings. The number of hydrogen-bond acceptors (Lipinski definition) is 5. The third kappa shape index (κ3) is 3.84. The topological polar surface area (TPSA) is 75.9 Å². The van der Waals surface area contributed by atoms with Crippen LogP contribution in [0.1, 0.15) is 39.0 Å². The van der Waals surface area contributed by atoms with E-state index in [-0.39, 0.29) is 0 Å². The third-order valence-electron chi connectivity index (χ3n) is 3.37. The molecule has 5 heteroatoms. The van der Waals surface area contributed by atoms with Crippen LogP contribution in [-0.2, 0) is 0 Å². The highest BCUT2D eigenvalue weighted by molar-refractivity contribution is 5.47. The Morgan fingerprint density at radius 2 is 2.06 bits per heavy atom. The third-order valence-corrected chi connectivity index (χ3v) is 3.37. The molecule has 4 N–H and O–H groups in total. The van der Waals surface area contributed by atoms with Crippen molar-refractivity contribution in [3.05, 3.63) is 12.4 Å². The Hall–Kier alpha value is -1.36. The van der Waals surface area contributed by atoms with Crippen molar-refractivity contribution in [1.82, 2.24) is 9.97 Å². The number of nitrogens with two attached hydrogens (primary N) is 1. The van der Waals surface area contributed by atoms with Crippen molar-refractivity contribution in [3.8, 4) is 0 Å². The molecule has 1 fully saturated rings. The summed E-state index contributed by atoms with van der Waals surface area (Å²) in [5, 5.41) is 6.81. The van der Waals surface area contributed by atoms with Crippen LogP contribution in [0.15, 0.2) is 12.4 Å². The molecule has 0 radical (unpaired) electrons. The van der Waals surface area contributed by atoms with E-state index in [1.54, 1.807) is 6.33 Å². The molecule has 0 bridgehead atoms. The van der Waals surface area contributed by atoms with Gasteiger partial charge in [-0.05, 0) is 32.7 Å². The van der Waals surface area contributed by atoms with E-state index in [2.05, 4.69) is 27.5 Å². The van der Waals surface area contributed by atoms with Gasteiger partial charge in [-0.15, -0.1) is 0 Å². The van der Waals surface area contributed by atoms with Gasteiger partial charge < -0.3 is 16.4 Å². The number of aromatic nitrogens is 2. The number of nitrogens with zero attached hydrogens (tertiary/aromatic N) is 2. The summed E-state index contributed by atoms with van der Waals surface area (Å²) in [5.74, 6) is 1.78. The van der Waals surface area contributed by atoms with Gasteiger partial charge in [0.25, 0.3) is 0 Å². The number of nitrogens with one attached hydrogen (secondary N) is 2. The lowest BCUT2D eigenvalue weighted by Gasteiger charge is -2.16. The lowest BCUT2D eigenvalue weighted by Crippen LogP contribution is -2.20. The molecule has 1 aromatic rings. The molecule has 0 saturated heterocycles. The lowest BCUT2D eigenvalue weighted by atomic mass is 10.2. The Bertz CT molecular complexity index is 362. The van der Waals surface area contributed by atoms with Crippen LogP contribution in [0.3, 0.4) is 0 Å². The zero-order chi connectivity index (χ0) is 12.8. The minimum absolute atomic E-state index is 0.337. The van der Waals surface area contributed by atoms with Crippen LogP contribution in [-0.4, -0.2) is 28.6 Å². The maximum atomic E-state index is 5.54. The first-order chi connectivity index (χ1) is 8.78. The predicted octanol–water partition coefficient (Wildman–Crippen LogP) is 1.98. The minimum Gasteiger partial charge on any atom is -0.367 e. The maximum absolute atomic E-state index is 5.54. The van der Waals surface area contributed by atoms with Crippen molar-refractivity contribution in [1.29, 1.82) is 0 Å². The molecule has 100 valence electrons. The average Bonchev–Trinajstić information content (AvgIpc) is 2.82. The maximum Gasteiger partial charge on any atom is 0.131 e. The monoisotopic (exact) mass is 249 g/mol. The quantitative estimate of drug-likeness (QED) is 0.718. The van der Waals surface area contributed by atoms with E-state index in [0.29, 0.717) is 18.6 Å². The Balaban J connectivity index is 1.91. The summed E-state index contributed by atoms with van der Waals surface area (Å²) in [6, 6.07) is 2.89. The van der Waals surface area contributed by atoms with E-state index in [1.165, 1.54) is 25.7 Å². The Kier molecular flexibility index (Phi) is 4.75. The van der Waals surface area contributed by atoms with Crippen molar-refractivity contribution in [2.75, 3.05) is 17.2 Å². The van der Waals surface area contributed by atoms with Crippen LogP contribution in [0.4, 0.5) is 11.6 Å². The van der Waals surface area contributed by atoms with Gasteiger partial charge in [-0.3, -0.25) is 0 Å². The van der Waals surface area contributed by atoms with Gasteiger partial charge in [0.05, 0.1) is 0 Å². The van der Waals surface area contributed by atoms with Crippen molar-refractivity contribution in [3.63, 3.8) is 0 Å². The van der Waals surface area contributed by atoms with Gasteiger partial charge in [-0.1, -0.05) is 12.8 Å². The molecule has 1 saturated carbocycles. The molecule has 1 atom stereocenters. The van der Waals surface area contributed by atoms with Gasteiger partial charge >= 0.3 is 0 Å². The van der Waals surface area contributed by atoms with Crippen LogP contribution in [0, 0.1) is 0 Å². The van der Waals surface area contributed by atoms with Gasteiger partial charge in [-0.2, -0.15) is 0 Å². The van der Waals surface area contributed by atoms with Gasteiger partial charge in [0, 0.05) is 18.2 Å². The van der Waals surface area contributed by atoms with E-state index < -0.39 is 0 Å². The Morgan fingerprint density at radius 3 is 2.78 bits per heavy atom.